The molecule has 9 unspecified atom stereocenters. The molecule has 0 saturated heterocycles. The molecule has 0 aromatic carbocycles. The van der Waals surface area contributed by atoms with Crippen molar-refractivity contribution in [2.45, 2.75) is 336 Å². The van der Waals surface area contributed by atoms with E-state index in [0.29, 0.717) is 78.2 Å². The van der Waals surface area contributed by atoms with Gasteiger partial charge in [0.15, 0.2) is 17.3 Å². The second-order valence-corrected chi connectivity index (χ2v) is 44.3. The van der Waals surface area contributed by atoms with Crippen LogP contribution in [0.1, 0.15) is 329 Å². The summed E-state index contributed by atoms with van der Waals surface area (Å²) >= 11 is 0. The third kappa shape index (κ3) is 11.0. The molecule has 13 atom stereocenters. The summed E-state index contributed by atoms with van der Waals surface area (Å²) in [6, 6.07) is 0. The summed E-state index contributed by atoms with van der Waals surface area (Å²) in [6.45, 7) is 34.1. The van der Waals surface area contributed by atoms with E-state index in [1.54, 1.807) is 50.2 Å². The highest BCUT2D eigenvalue weighted by Crippen LogP contribution is 2.81. The van der Waals surface area contributed by atoms with Gasteiger partial charge in [0.25, 0.3) is 6.48 Å². The van der Waals surface area contributed by atoms with Gasteiger partial charge in [0, 0.05) is 78.5 Å². The summed E-state index contributed by atoms with van der Waals surface area (Å²) < 4.78 is 27.0. The van der Waals surface area contributed by atoms with Gasteiger partial charge in [-0.05, 0) is 370 Å². The van der Waals surface area contributed by atoms with Gasteiger partial charge in [-0.25, -0.2) is 0 Å². The van der Waals surface area contributed by atoms with Crippen LogP contribution in [0.4, 0.5) is 0 Å². The summed E-state index contributed by atoms with van der Waals surface area (Å²) in [5, 5.41) is 0. The normalized spacial score (nSPS) is 40.7. The minimum absolute atomic E-state index is 0. The molecule has 7 fully saturated rings. The molecule has 11 nitrogen and oxygen atoms in total. The second kappa shape index (κ2) is 27.8. The number of hydrogen-bond acceptors (Lipinski definition) is 11. The van der Waals surface area contributed by atoms with Crippen molar-refractivity contribution in [1.82, 2.24) is 0 Å². The van der Waals surface area contributed by atoms with Crippen LogP contribution in [0.5, 0.6) is 0 Å². The van der Waals surface area contributed by atoms with Gasteiger partial charge >= 0.3 is 0 Å². The zero-order valence-electron chi connectivity index (χ0n) is 74.9. The van der Waals surface area contributed by atoms with Gasteiger partial charge in [-0.1, -0.05) is 134 Å². The standard InChI is InChI=1S/C27H34O2.C26H32O2.C24H28O2.C24H26O2.C7H16O3.CH4/c1-5-29-18-6-10-25(4)20-8-11-27-21(7-9-24(27,3)15-17(2)23(27)28)19(20)16-26(12-13-26)22(25)14-18;1-4-28-17-5-11-24(3)19-7-12-26-20(6-9-23(26,2)10-8-22(26)27)18(19)16-25(13-14-25)21(24)15-17;2*1-21-7-4-18-16-14-23(11-12-23)19-13-15(25)3-9-22(19,2)17(16)5-10-24(18,21)20(26)6-8-21;1-4-8-7(9-5-2)10-6-3;/h6-7,14,17H,5,8-13,15-16H2,1-4H3;5-6,15H,4,7-14,16H2,1-3H3;4,13H,3,5-12,14H2,1-2H3;4,6,8,13H,3,5,7,9-12,14H2,1-2H3;7H,4-6H2,1-3H3;1H4/t17?,24-,25?,27?;23-,24?,26?;2*21-,22?,24?;;/m0000../s1. The Labute approximate surface area is 717 Å². The van der Waals surface area contributed by atoms with Gasteiger partial charge in [-0.2, -0.15) is 0 Å². The molecule has 0 aliphatic heterocycles. The van der Waals surface area contributed by atoms with E-state index in [9.17, 15) is 28.8 Å². The van der Waals surface area contributed by atoms with E-state index in [-0.39, 0.29) is 89.2 Å². The lowest BCUT2D eigenvalue weighted by Crippen LogP contribution is -2.46. The maximum absolute atomic E-state index is 13.6. The molecule has 0 radical (unpaired) electrons. The van der Waals surface area contributed by atoms with Crippen molar-refractivity contribution >= 4 is 34.7 Å². The largest absolute Gasteiger partial charge is 0.494 e. The molecule has 0 bridgehead atoms. The fourth-order valence-electron chi connectivity index (χ4n) is 31.9. The number of carbonyl (C=O) groups excluding carboxylic acids is 6. The van der Waals surface area contributed by atoms with E-state index in [4.69, 9.17) is 23.7 Å². The topological polar surface area (TPSA) is 149 Å². The minimum atomic E-state index is -0.472. The predicted octanol–water partition coefficient (Wildman–Crippen LogP) is 24.9. The van der Waals surface area contributed by atoms with Gasteiger partial charge < -0.3 is 23.7 Å². The highest BCUT2D eigenvalue weighted by Gasteiger charge is 2.73. The highest BCUT2D eigenvalue weighted by molar-refractivity contribution is 6.03. The first-order valence-corrected chi connectivity index (χ1v) is 47.8. The van der Waals surface area contributed by atoms with Crippen LogP contribution in [0.15, 0.2) is 174 Å². The predicted molar refractivity (Wildman–Crippen MR) is 472 cm³/mol. The summed E-state index contributed by atoms with van der Waals surface area (Å²) in [7, 11) is 0. The molecule has 0 N–H and O–H groups in total. The molecule has 120 heavy (non-hydrogen) atoms. The van der Waals surface area contributed by atoms with Gasteiger partial charge in [0.05, 0.1) is 34.9 Å². The second-order valence-electron chi connectivity index (χ2n) is 44.3. The van der Waals surface area contributed by atoms with Crippen LogP contribution in [0.2, 0.25) is 0 Å². The lowest BCUT2D eigenvalue weighted by molar-refractivity contribution is -0.282. The smallest absolute Gasteiger partial charge is 0.271 e. The van der Waals surface area contributed by atoms with Crippen LogP contribution >= 0.6 is 0 Å². The molecule has 0 aromatic heterocycles. The van der Waals surface area contributed by atoms with Crippen LogP contribution in [0, 0.1) is 92.6 Å². The molecule has 7 saturated carbocycles. The maximum atomic E-state index is 13.6. The zero-order chi connectivity index (χ0) is 83.3. The van der Waals surface area contributed by atoms with Crippen molar-refractivity contribution in [3.8, 4) is 0 Å². The monoisotopic (exact) mass is 1630 g/mol. The van der Waals surface area contributed by atoms with E-state index < -0.39 is 6.48 Å². The third-order valence-electron chi connectivity index (χ3n) is 38.8. The summed E-state index contributed by atoms with van der Waals surface area (Å²) in [5.74, 6) is 4.99. The molecular formula is C109H140O11. The molecule has 642 valence electrons. The Morgan fingerprint density at radius 2 is 0.708 bits per heavy atom. The Kier molecular flexibility index (Phi) is 19.3. The van der Waals surface area contributed by atoms with E-state index >= 15 is 0 Å². The number of ether oxygens (including phenoxy) is 5. The van der Waals surface area contributed by atoms with Gasteiger partial charge in [0.2, 0.25) is 0 Å². The highest BCUT2D eigenvalue weighted by atomic mass is 16.8. The van der Waals surface area contributed by atoms with Crippen molar-refractivity contribution in [2.75, 3.05) is 33.0 Å². The molecule has 0 amide bonds. The first kappa shape index (κ1) is 83.2. The van der Waals surface area contributed by atoms with Crippen LogP contribution in [-0.4, -0.2) is 74.2 Å². The molecule has 24 rings (SSSR count). The minimum Gasteiger partial charge on any atom is -0.494 e. The average molecular weight is 1630 g/mol. The van der Waals surface area contributed by atoms with Crippen molar-refractivity contribution in [1.29, 1.82) is 0 Å². The lowest BCUT2D eigenvalue weighted by atomic mass is 9.50. The summed E-state index contributed by atoms with van der Waals surface area (Å²) in [4.78, 5) is 77.4. The Bertz CT molecular complexity index is 4960. The zero-order valence-corrected chi connectivity index (χ0v) is 74.9. The van der Waals surface area contributed by atoms with Crippen molar-refractivity contribution in [2.24, 2.45) is 92.6 Å². The van der Waals surface area contributed by atoms with E-state index in [1.165, 1.54) is 96.8 Å². The van der Waals surface area contributed by atoms with Crippen LogP contribution in [-0.2, 0) is 52.5 Å². The molecule has 24 aliphatic rings. The average Bonchev–Trinajstić information content (AvgIpc) is 1.51. The van der Waals surface area contributed by atoms with Crippen LogP contribution in [0.3, 0.4) is 0 Å². The Hall–Kier alpha value is -6.40. The van der Waals surface area contributed by atoms with Crippen molar-refractivity contribution in [3.05, 3.63) is 174 Å². The quantitative estimate of drug-likeness (QED) is 0.192. The summed E-state index contributed by atoms with van der Waals surface area (Å²) in [5.41, 5.74) is 25.9. The first-order chi connectivity index (χ1) is 56.7. The Morgan fingerprint density at radius 1 is 0.358 bits per heavy atom. The van der Waals surface area contributed by atoms with Crippen molar-refractivity contribution in [3.63, 3.8) is 0 Å². The van der Waals surface area contributed by atoms with Gasteiger partial charge in [-0.3, -0.25) is 28.8 Å². The molecule has 0 aromatic rings. The first-order valence-electron chi connectivity index (χ1n) is 47.8. The van der Waals surface area contributed by atoms with Gasteiger partial charge in [-0.15, -0.1) is 0 Å². The third-order valence-corrected chi connectivity index (χ3v) is 38.8. The number of fused-ring (bicyclic) bond motifs is 16. The molecule has 0 heterocycles. The molecule has 24 aliphatic carbocycles. The van der Waals surface area contributed by atoms with Crippen molar-refractivity contribution < 1.29 is 52.5 Å². The molecule has 11 heteroatoms. The van der Waals surface area contributed by atoms with E-state index in [0.717, 1.165) is 179 Å². The summed E-state index contributed by atoms with van der Waals surface area (Å²) in [6.07, 6.45) is 64.7. The van der Waals surface area contributed by atoms with E-state index in [1.807, 2.05) is 39.0 Å². The number of rotatable bonds is 10. The van der Waals surface area contributed by atoms with Crippen LogP contribution in [0.25, 0.3) is 0 Å². The number of carbonyl (C=O) groups is 6. The number of hydrogen-bond donors (Lipinski definition) is 0. The Morgan fingerprint density at radius 3 is 1.10 bits per heavy atom. The Balaban J connectivity index is 0.000000102. The number of ketones is 6. The van der Waals surface area contributed by atoms with E-state index in [2.05, 4.69) is 131 Å². The van der Waals surface area contributed by atoms with Crippen LogP contribution < -0.4 is 0 Å². The number of allylic oxidation sites excluding steroid dienone is 28. The fraction of sp³-hybridized carbons (Fsp3) is 0.670. The van der Waals surface area contributed by atoms with Gasteiger partial charge in [0.1, 0.15) is 28.9 Å². The lowest BCUT2D eigenvalue weighted by Gasteiger charge is -2.53. The SMILES string of the molecule is C.CC12CCC(=O)C=C1C1(CC1)CC1=C2CCC23C(=O)C=C[C@]2(C)CC=C13.CC12CCC(=O)C=C1C1(CC1)CC1=C2CCC23C(=O)CC[C@]2(C)CC=C13.CCOC(OCC)OCC.CCOC1=CCC2(C)C(=C1)C1(CC1)CC1=C2CCC23C(=O)C(C)C[C@]2(C)CC=C13.CCOC1=CCC2(C)C(=C1)C1(CC1)CC1=C2CCC23C(=O)CC[C@]2(C)CC=C13. The maximum Gasteiger partial charge on any atom is 0.271 e. The fourth-order valence-corrected chi connectivity index (χ4v) is 31.9. The molecular weight excluding hydrogens is 1490 g/mol. The molecule has 8 spiro atoms. The number of Topliss-reactive ketones (excluding diaryl/α,β-unsaturated/α-hetero) is 3.